The van der Waals surface area contributed by atoms with Crippen molar-refractivity contribution in [3.05, 3.63) is 65.7 Å². The molecule has 6 heteroatoms. The van der Waals surface area contributed by atoms with Gasteiger partial charge in [0.1, 0.15) is 11.8 Å². The number of amides is 2. The molecule has 1 unspecified atom stereocenters. The first kappa shape index (κ1) is 23.8. The molecule has 1 heterocycles. The van der Waals surface area contributed by atoms with E-state index in [9.17, 15) is 9.59 Å². The zero-order valence-electron chi connectivity index (χ0n) is 19.5. The Morgan fingerprint density at radius 1 is 0.969 bits per heavy atom. The van der Waals surface area contributed by atoms with Gasteiger partial charge in [-0.2, -0.15) is 0 Å². The summed E-state index contributed by atoms with van der Waals surface area (Å²) >= 11 is 0. The summed E-state index contributed by atoms with van der Waals surface area (Å²) in [5, 5.41) is 0. The van der Waals surface area contributed by atoms with E-state index in [2.05, 4.69) is 11.8 Å². The van der Waals surface area contributed by atoms with Gasteiger partial charge in [-0.3, -0.25) is 14.5 Å². The molecule has 0 radical (unpaired) electrons. The Bertz CT molecular complexity index is 870. The summed E-state index contributed by atoms with van der Waals surface area (Å²) in [6, 6.07) is 17.5. The lowest BCUT2D eigenvalue weighted by Gasteiger charge is -2.32. The molecular formula is C26H35N3O3. The predicted octanol–water partition coefficient (Wildman–Crippen LogP) is 3.38. The number of nitrogens with zero attached hydrogens (tertiary/aromatic N) is 3. The van der Waals surface area contributed by atoms with E-state index in [1.165, 1.54) is 0 Å². The largest absolute Gasteiger partial charge is 0.497 e. The highest BCUT2D eigenvalue weighted by molar-refractivity contribution is 5.83. The van der Waals surface area contributed by atoms with Crippen LogP contribution in [0.1, 0.15) is 36.9 Å². The first-order chi connectivity index (χ1) is 15.5. The Morgan fingerprint density at radius 2 is 1.62 bits per heavy atom. The zero-order valence-corrected chi connectivity index (χ0v) is 19.5. The number of hydrogen-bond donors (Lipinski definition) is 0. The van der Waals surface area contributed by atoms with Crippen molar-refractivity contribution in [1.29, 1.82) is 0 Å². The number of rotatable bonds is 8. The average molecular weight is 438 g/mol. The van der Waals surface area contributed by atoms with Gasteiger partial charge in [-0.1, -0.05) is 49.4 Å². The smallest absolute Gasteiger partial charge is 0.244 e. The van der Waals surface area contributed by atoms with E-state index in [0.717, 1.165) is 29.8 Å². The van der Waals surface area contributed by atoms with E-state index in [1.54, 1.807) is 7.11 Å². The fraction of sp³-hybridized carbons (Fsp3) is 0.462. The summed E-state index contributed by atoms with van der Waals surface area (Å²) in [5.74, 6) is 1.09. The lowest BCUT2D eigenvalue weighted by atomic mass is 10.0. The molecule has 0 bridgehead atoms. The van der Waals surface area contributed by atoms with Crippen molar-refractivity contribution in [3.63, 3.8) is 0 Å². The summed E-state index contributed by atoms with van der Waals surface area (Å²) in [5.41, 5.74) is 2.14. The first-order valence-corrected chi connectivity index (χ1v) is 11.5. The standard InChI is InChI=1S/C26H35N3O3/c1-4-27(2)25(22-9-6-5-7-10-22)26(31)29-18-8-17-28(19-20-29)24(30)16-13-21-11-14-23(32-3)15-12-21/h5-7,9-12,14-15,25H,4,8,13,16-20H2,1-3H3. The summed E-state index contributed by atoms with van der Waals surface area (Å²) in [6.45, 7) is 5.40. The molecular weight excluding hydrogens is 402 g/mol. The van der Waals surface area contributed by atoms with Crippen molar-refractivity contribution >= 4 is 11.8 Å². The number of carbonyl (C=O) groups is 2. The third-order valence-corrected chi connectivity index (χ3v) is 6.24. The van der Waals surface area contributed by atoms with Crippen LogP contribution >= 0.6 is 0 Å². The second-order valence-corrected chi connectivity index (χ2v) is 8.29. The number of aryl methyl sites for hydroxylation is 1. The van der Waals surface area contributed by atoms with E-state index in [0.29, 0.717) is 39.0 Å². The number of carbonyl (C=O) groups excluding carboxylic acids is 2. The van der Waals surface area contributed by atoms with Gasteiger partial charge in [0.2, 0.25) is 11.8 Å². The van der Waals surface area contributed by atoms with Gasteiger partial charge in [0.15, 0.2) is 0 Å². The number of ether oxygens (including phenoxy) is 1. The third kappa shape index (κ3) is 6.10. The molecule has 32 heavy (non-hydrogen) atoms. The Morgan fingerprint density at radius 3 is 2.28 bits per heavy atom. The van der Waals surface area contributed by atoms with Crippen molar-refractivity contribution in [1.82, 2.24) is 14.7 Å². The van der Waals surface area contributed by atoms with Gasteiger partial charge in [-0.15, -0.1) is 0 Å². The molecule has 2 amide bonds. The monoisotopic (exact) mass is 437 g/mol. The van der Waals surface area contributed by atoms with Gasteiger partial charge >= 0.3 is 0 Å². The molecule has 0 N–H and O–H groups in total. The maximum atomic E-state index is 13.5. The van der Waals surface area contributed by atoms with Crippen molar-refractivity contribution in [3.8, 4) is 5.75 Å². The van der Waals surface area contributed by atoms with E-state index in [-0.39, 0.29) is 17.9 Å². The molecule has 172 valence electrons. The van der Waals surface area contributed by atoms with Gasteiger partial charge in [-0.25, -0.2) is 0 Å². The van der Waals surface area contributed by atoms with E-state index < -0.39 is 0 Å². The van der Waals surface area contributed by atoms with Crippen LogP contribution in [-0.4, -0.2) is 73.4 Å². The van der Waals surface area contributed by atoms with Gasteiger partial charge in [0.05, 0.1) is 7.11 Å². The van der Waals surface area contributed by atoms with Crippen LogP contribution in [0, 0.1) is 0 Å². The van der Waals surface area contributed by atoms with Gasteiger partial charge in [0.25, 0.3) is 0 Å². The lowest BCUT2D eigenvalue weighted by molar-refractivity contribution is -0.137. The molecule has 0 aromatic heterocycles. The second-order valence-electron chi connectivity index (χ2n) is 8.29. The molecule has 1 atom stereocenters. The molecule has 0 saturated carbocycles. The minimum absolute atomic E-state index is 0.119. The number of hydrogen-bond acceptors (Lipinski definition) is 4. The van der Waals surface area contributed by atoms with Crippen LogP contribution in [0.25, 0.3) is 0 Å². The normalized spacial score (nSPS) is 15.4. The van der Waals surface area contributed by atoms with Gasteiger partial charge in [-0.05, 0) is 49.7 Å². The van der Waals surface area contributed by atoms with Crippen molar-refractivity contribution < 1.29 is 14.3 Å². The molecule has 1 fully saturated rings. The number of methoxy groups -OCH3 is 1. The maximum Gasteiger partial charge on any atom is 0.244 e. The maximum absolute atomic E-state index is 13.5. The highest BCUT2D eigenvalue weighted by atomic mass is 16.5. The van der Waals surface area contributed by atoms with Crippen LogP contribution < -0.4 is 4.74 Å². The Hall–Kier alpha value is -2.86. The first-order valence-electron chi connectivity index (χ1n) is 11.5. The van der Waals surface area contributed by atoms with Gasteiger partial charge in [0, 0.05) is 32.6 Å². The summed E-state index contributed by atoms with van der Waals surface area (Å²) < 4.78 is 5.19. The van der Waals surface area contributed by atoms with Gasteiger partial charge < -0.3 is 14.5 Å². The van der Waals surface area contributed by atoms with Crippen LogP contribution in [0.5, 0.6) is 5.75 Å². The summed E-state index contributed by atoms with van der Waals surface area (Å²) in [4.78, 5) is 32.2. The molecule has 6 nitrogen and oxygen atoms in total. The predicted molar refractivity (Wildman–Crippen MR) is 127 cm³/mol. The molecule has 3 rings (SSSR count). The highest BCUT2D eigenvalue weighted by Gasteiger charge is 2.30. The Balaban J connectivity index is 1.58. The van der Waals surface area contributed by atoms with Crippen LogP contribution in [0.3, 0.4) is 0 Å². The van der Waals surface area contributed by atoms with E-state index in [4.69, 9.17) is 4.74 Å². The van der Waals surface area contributed by atoms with Crippen LogP contribution in [0.15, 0.2) is 54.6 Å². The molecule has 1 aliphatic rings. The molecule has 1 aliphatic heterocycles. The van der Waals surface area contributed by atoms with E-state index in [1.807, 2.05) is 71.4 Å². The quantitative estimate of drug-likeness (QED) is 0.635. The van der Waals surface area contributed by atoms with Crippen LogP contribution in [0.2, 0.25) is 0 Å². The van der Waals surface area contributed by atoms with Crippen molar-refractivity contribution in [2.45, 2.75) is 32.2 Å². The van der Waals surface area contributed by atoms with Crippen LogP contribution in [0.4, 0.5) is 0 Å². The van der Waals surface area contributed by atoms with E-state index >= 15 is 0 Å². The minimum atomic E-state index is -0.293. The molecule has 2 aromatic carbocycles. The lowest BCUT2D eigenvalue weighted by Crippen LogP contribution is -2.43. The minimum Gasteiger partial charge on any atom is -0.497 e. The highest BCUT2D eigenvalue weighted by Crippen LogP contribution is 2.23. The number of likely N-dealkylation sites (N-methyl/N-ethyl adjacent to an activating group) is 1. The Labute approximate surface area is 191 Å². The third-order valence-electron chi connectivity index (χ3n) is 6.24. The molecule has 0 aliphatic carbocycles. The van der Waals surface area contributed by atoms with Crippen molar-refractivity contribution in [2.24, 2.45) is 0 Å². The SMILES string of the molecule is CCN(C)C(C(=O)N1CCCN(C(=O)CCc2ccc(OC)cc2)CC1)c1ccccc1. The Kier molecular flexibility index (Phi) is 8.68. The summed E-state index contributed by atoms with van der Waals surface area (Å²) in [7, 11) is 3.64. The fourth-order valence-electron chi connectivity index (χ4n) is 4.17. The summed E-state index contributed by atoms with van der Waals surface area (Å²) in [6.07, 6.45) is 1.99. The van der Waals surface area contributed by atoms with Crippen molar-refractivity contribution in [2.75, 3.05) is 46.9 Å². The molecule has 1 saturated heterocycles. The number of benzene rings is 2. The molecule has 0 spiro atoms. The van der Waals surface area contributed by atoms with Crippen LogP contribution in [-0.2, 0) is 16.0 Å². The molecule has 2 aromatic rings. The fourth-order valence-corrected chi connectivity index (χ4v) is 4.17. The average Bonchev–Trinajstić information content (AvgIpc) is 3.10. The zero-order chi connectivity index (χ0) is 22.9. The second kappa shape index (κ2) is 11.7. The topological polar surface area (TPSA) is 53.1 Å².